The number of aromatic amines is 1. The van der Waals surface area contributed by atoms with Crippen molar-refractivity contribution in [2.75, 3.05) is 32.5 Å². The van der Waals surface area contributed by atoms with Crippen LogP contribution in [0.4, 0.5) is 5.69 Å². The number of benzene rings is 1. The Morgan fingerprint density at radius 1 is 1.42 bits per heavy atom. The highest BCUT2D eigenvalue weighted by molar-refractivity contribution is 5.76. The van der Waals surface area contributed by atoms with Gasteiger partial charge in [-0.3, -0.25) is 9.89 Å². The maximum absolute atomic E-state index is 12.3. The summed E-state index contributed by atoms with van der Waals surface area (Å²) in [5.74, 6) is 1.63. The Hall–Kier alpha value is -2.70. The van der Waals surface area contributed by atoms with E-state index >= 15 is 0 Å². The van der Waals surface area contributed by atoms with E-state index in [2.05, 4.69) is 10.2 Å². The lowest BCUT2D eigenvalue weighted by Crippen LogP contribution is -2.29. The summed E-state index contributed by atoms with van der Waals surface area (Å²) in [6.07, 6.45) is 2.84. The lowest BCUT2D eigenvalue weighted by atomic mass is 10.0. The third-order valence-electron chi connectivity index (χ3n) is 4.29. The normalized spacial score (nSPS) is 17.0. The number of H-pyrrole nitrogens is 1. The van der Waals surface area contributed by atoms with Crippen molar-refractivity contribution < 1.29 is 14.3 Å². The molecule has 0 aliphatic carbocycles. The number of carbonyl (C=O) groups excluding carboxylic acids is 1. The highest BCUT2D eigenvalue weighted by Gasteiger charge is 2.29. The first kappa shape index (κ1) is 16.2. The Morgan fingerprint density at radius 3 is 2.92 bits per heavy atom. The van der Waals surface area contributed by atoms with E-state index in [0.29, 0.717) is 36.8 Å². The lowest BCUT2D eigenvalue weighted by molar-refractivity contribution is -0.130. The molecule has 0 radical (unpaired) electrons. The van der Waals surface area contributed by atoms with Crippen LogP contribution >= 0.6 is 0 Å². The molecule has 1 aromatic heterocycles. The van der Waals surface area contributed by atoms with Gasteiger partial charge in [0.25, 0.3) is 0 Å². The van der Waals surface area contributed by atoms with Crippen LogP contribution in [0.3, 0.4) is 0 Å². The zero-order valence-electron chi connectivity index (χ0n) is 13.7. The van der Waals surface area contributed by atoms with E-state index < -0.39 is 0 Å². The monoisotopic (exact) mass is 330 g/mol. The van der Waals surface area contributed by atoms with E-state index in [1.165, 1.54) is 0 Å². The predicted molar refractivity (Wildman–Crippen MR) is 90.0 cm³/mol. The zero-order chi connectivity index (χ0) is 16.9. The van der Waals surface area contributed by atoms with Crippen molar-refractivity contribution in [2.45, 2.75) is 18.8 Å². The number of hydrogen-bond donors (Lipinski definition) is 2. The number of carbonyl (C=O) groups is 1. The Bertz CT molecular complexity index is 701. The maximum atomic E-state index is 12.3. The van der Waals surface area contributed by atoms with Crippen LogP contribution in [-0.2, 0) is 4.79 Å². The molecule has 1 aromatic carbocycles. The number of hydrogen-bond acceptors (Lipinski definition) is 5. The molecule has 0 bridgehead atoms. The van der Waals surface area contributed by atoms with Gasteiger partial charge in [-0.1, -0.05) is 12.1 Å². The molecule has 2 heterocycles. The van der Waals surface area contributed by atoms with Crippen LogP contribution in [0.5, 0.6) is 11.5 Å². The van der Waals surface area contributed by atoms with E-state index in [4.69, 9.17) is 15.2 Å². The van der Waals surface area contributed by atoms with Gasteiger partial charge in [-0.2, -0.15) is 5.10 Å². The summed E-state index contributed by atoms with van der Waals surface area (Å²) in [5, 5.41) is 6.88. The lowest BCUT2D eigenvalue weighted by Gasteiger charge is -2.17. The predicted octanol–water partition coefficient (Wildman–Crippen LogP) is 1.79. The number of anilines is 1. The number of amides is 1. The molecular formula is C17H22N4O3. The average Bonchev–Trinajstić information content (AvgIpc) is 3.24. The number of nitrogen functional groups attached to an aromatic ring is 1. The minimum Gasteiger partial charge on any atom is -0.493 e. The fourth-order valence-electron chi connectivity index (χ4n) is 3.00. The molecule has 0 spiro atoms. The highest BCUT2D eigenvalue weighted by Crippen LogP contribution is 2.29. The van der Waals surface area contributed by atoms with Gasteiger partial charge in [-0.25, -0.2) is 0 Å². The average molecular weight is 330 g/mol. The molecule has 24 heavy (non-hydrogen) atoms. The first-order valence-corrected chi connectivity index (χ1v) is 8.01. The molecule has 3 rings (SSSR count). The van der Waals surface area contributed by atoms with Crippen molar-refractivity contribution in [3.05, 3.63) is 36.2 Å². The molecule has 1 fully saturated rings. The first-order valence-electron chi connectivity index (χ1n) is 8.01. The summed E-state index contributed by atoms with van der Waals surface area (Å²) in [6.45, 7) is 1.73. The molecule has 128 valence electrons. The Balaban J connectivity index is 1.49. The molecule has 0 saturated carbocycles. The van der Waals surface area contributed by atoms with Gasteiger partial charge in [-0.05, 0) is 18.6 Å². The van der Waals surface area contributed by atoms with Gasteiger partial charge in [0.05, 0.1) is 37.7 Å². The maximum Gasteiger partial charge on any atom is 0.226 e. The van der Waals surface area contributed by atoms with E-state index in [1.807, 2.05) is 29.2 Å². The minimum atomic E-state index is 0.0884. The highest BCUT2D eigenvalue weighted by atomic mass is 16.5. The van der Waals surface area contributed by atoms with E-state index in [-0.39, 0.29) is 11.8 Å². The number of para-hydroxylation sites is 2. The van der Waals surface area contributed by atoms with Crippen molar-refractivity contribution in [2.24, 2.45) is 0 Å². The molecule has 7 nitrogen and oxygen atoms in total. The molecule has 1 aliphatic rings. The van der Waals surface area contributed by atoms with Gasteiger partial charge in [0.1, 0.15) is 0 Å². The summed E-state index contributed by atoms with van der Waals surface area (Å²) >= 11 is 0. The number of nitrogens with two attached hydrogens (primary N) is 1. The van der Waals surface area contributed by atoms with Gasteiger partial charge in [0.15, 0.2) is 11.5 Å². The van der Waals surface area contributed by atoms with Gasteiger partial charge < -0.3 is 20.1 Å². The van der Waals surface area contributed by atoms with Crippen LogP contribution in [0.25, 0.3) is 0 Å². The number of methoxy groups -OCH3 is 1. The number of ether oxygens (including phenoxy) is 2. The van der Waals surface area contributed by atoms with Crippen molar-refractivity contribution >= 4 is 11.6 Å². The molecule has 1 aliphatic heterocycles. The molecule has 7 heteroatoms. The fraction of sp³-hybridized carbons (Fsp3) is 0.412. The summed E-state index contributed by atoms with van der Waals surface area (Å²) in [5.41, 5.74) is 7.47. The van der Waals surface area contributed by atoms with Gasteiger partial charge in [0, 0.05) is 19.0 Å². The van der Waals surface area contributed by atoms with Crippen LogP contribution in [0.15, 0.2) is 30.5 Å². The summed E-state index contributed by atoms with van der Waals surface area (Å²) in [7, 11) is 1.60. The van der Waals surface area contributed by atoms with Crippen LogP contribution < -0.4 is 15.2 Å². The Labute approximate surface area is 140 Å². The smallest absolute Gasteiger partial charge is 0.226 e. The Kier molecular flexibility index (Phi) is 4.88. The summed E-state index contributed by atoms with van der Waals surface area (Å²) < 4.78 is 10.9. The molecular weight excluding hydrogens is 308 g/mol. The van der Waals surface area contributed by atoms with Crippen LogP contribution in [0.1, 0.15) is 24.5 Å². The van der Waals surface area contributed by atoms with Crippen LogP contribution in [0.2, 0.25) is 0 Å². The van der Waals surface area contributed by atoms with Crippen LogP contribution in [0, 0.1) is 0 Å². The SMILES string of the molecule is COc1ccccc1OCCC(=O)N1CCC(c2[nH]ncc2N)C1. The second kappa shape index (κ2) is 7.25. The summed E-state index contributed by atoms with van der Waals surface area (Å²) in [4.78, 5) is 14.2. The van der Waals surface area contributed by atoms with Crippen molar-refractivity contribution in [1.29, 1.82) is 0 Å². The number of likely N-dealkylation sites (tertiary alicyclic amines) is 1. The quantitative estimate of drug-likeness (QED) is 0.842. The second-order valence-corrected chi connectivity index (χ2v) is 5.81. The number of nitrogens with one attached hydrogen (secondary N) is 1. The first-order chi connectivity index (χ1) is 11.7. The van der Waals surface area contributed by atoms with Gasteiger partial charge in [-0.15, -0.1) is 0 Å². The van der Waals surface area contributed by atoms with E-state index in [0.717, 1.165) is 18.7 Å². The van der Waals surface area contributed by atoms with Crippen LogP contribution in [-0.4, -0.2) is 47.8 Å². The topological polar surface area (TPSA) is 93.5 Å². The molecule has 1 unspecified atom stereocenters. The van der Waals surface area contributed by atoms with Gasteiger partial charge in [0.2, 0.25) is 5.91 Å². The zero-order valence-corrected chi connectivity index (χ0v) is 13.7. The molecule has 1 atom stereocenters. The Morgan fingerprint density at radius 2 is 2.21 bits per heavy atom. The van der Waals surface area contributed by atoms with Crippen molar-refractivity contribution in [1.82, 2.24) is 15.1 Å². The molecule has 2 aromatic rings. The summed E-state index contributed by atoms with van der Waals surface area (Å²) in [6, 6.07) is 7.41. The molecule has 3 N–H and O–H groups in total. The molecule has 1 saturated heterocycles. The number of rotatable bonds is 6. The third-order valence-corrected chi connectivity index (χ3v) is 4.29. The van der Waals surface area contributed by atoms with Gasteiger partial charge >= 0.3 is 0 Å². The largest absolute Gasteiger partial charge is 0.493 e. The number of nitrogens with zero attached hydrogens (tertiary/aromatic N) is 2. The molecule has 1 amide bonds. The fourth-order valence-corrected chi connectivity index (χ4v) is 3.00. The second-order valence-electron chi connectivity index (χ2n) is 5.81. The minimum absolute atomic E-state index is 0.0884. The van der Waals surface area contributed by atoms with E-state index in [9.17, 15) is 4.79 Å². The standard InChI is InChI=1S/C17H22N4O3/c1-23-14-4-2-3-5-15(14)24-9-7-16(22)21-8-6-12(11-21)17-13(18)10-19-20-17/h2-5,10,12H,6-9,11,18H2,1H3,(H,19,20). The number of aromatic nitrogens is 2. The van der Waals surface area contributed by atoms with Crippen molar-refractivity contribution in [3.8, 4) is 11.5 Å². The van der Waals surface area contributed by atoms with E-state index in [1.54, 1.807) is 13.3 Å². The third kappa shape index (κ3) is 3.45. The van der Waals surface area contributed by atoms with Crippen molar-refractivity contribution in [3.63, 3.8) is 0 Å².